The number of carbonyl (C=O) groups is 1. The lowest BCUT2D eigenvalue weighted by atomic mass is 10.0. The molecule has 3 aromatic rings. The molecule has 0 bridgehead atoms. The van der Waals surface area contributed by atoms with Gasteiger partial charge in [-0.25, -0.2) is 0 Å². The molecule has 0 atom stereocenters. The molecule has 0 aliphatic carbocycles. The Bertz CT molecular complexity index is 920. The topological polar surface area (TPSA) is 76.2 Å². The fraction of sp³-hybridized carbons (Fsp3) is 0.238. The predicted molar refractivity (Wildman–Crippen MR) is 105 cm³/mol. The van der Waals surface area contributed by atoms with Crippen LogP contribution in [0.1, 0.15) is 29.9 Å². The summed E-state index contributed by atoms with van der Waals surface area (Å²) in [7, 11) is 0. The summed E-state index contributed by atoms with van der Waals surface area (Å²) in [6.45, 7) is 6.86. The van der Waals surface area contributed by atoms with Crippen molar-refractivity contribution in [2.75, 3.05) is 18.5 Å². The van der Waals surface area contributed by atoms with Crippen LogP contribution in [-0.4, -0.2) is 29.3 Å². The molecule has 1 aromatic heterocycles. The molecule has 0 unspecified atom stereocenters. The number of ether oxygens (including phenoxy) is 2. The molecule has 6 heteroatoms. The van der Waals surface area contributed by atoms with Crippen LogP contribution in [0.5, 0.6) is 11.5 Å². The van der Waals surface area contributed by atoms with E-state index in [0.717, 1.165) is 16.8 Å². The van der Waals surface area contributed by atoms with Crippen LogP contribution in [0.2, 0.25) is 0 Å². The van der Waals surface area contributed by atoms with Gasteiger partial charge < -0.3 is 14.8 Å². The van der Waals surface area contributed by atoms with Crippen molar-refractivity contribution in [3.63, 3.8) is 0 Å². The summed E-state index contributed by atoms with van der Waals surface area (Å²) in [5, 5.41) is 10.1. The number of hydrogen-bond donors (Lipinski definition) is 2. The zero-order valence-corrected chi connectivity index (χ0v) is 15.7. The average Bonchev–Trinajstić information content (AvgIpc) is 3.04. The lowest BCUT2D eigenvalue weighted by Gasteiger charge is -2.13. The van der Waals surface area contributed by atoms with Crippen LogP contribution in [0.4, 0.5) is 5.82 Å². The first-order valence-electron chi connectivity index (χ1n) is 8.95. The van der Waals surface area contributed by atoms with Crippen LogP contribution in [0.3, 0.4) is 0 Å². The fourth-order valence-corrected chi connectivity index (χ4v) is 2.85. The second kappa shape index (κ2) is 8.40. The number of anilines is 1. The third-order valence-corrected chi connectivity index (χ3v) is 4.05. The highest BCUT2D eigenvalue weighted by Crippen LogP contribution is 2.36. The van der Waals surface area contributed by atoms with Crippen molar-refractivity contribution in [2.45, 2.75) is 20.8 Å². The number of hydrogen-bond acceptors (Lipinski definition) is 4. The summed E-state index contributed by atoms with van der Waals surface area (Å²) in [6.07, 6.45) is 0. The number of rotatable bonds is 7. The first-order valence-corrected chi connectivity index (χ1v) is 8.95. The Kier molecular flexibility index (Phi) is 5.76. The van der Waals surface area contributed by atoms with E-state index < -0.39 is 0 Å². The van der Waals surface area contributed by atoms with Crippen LogP contribution >= 0.6 is 0 Å². The van der Waals surface area contributed by atoms with Gasteiger partial charge >= 0.3 is 0 Å². The van der Waals surface area contributed by atoms with Crippen LogP contribution in [-0.2, 0) is 0 Å². The molecule has 3 rings (SSSR count). The Hall–Kier alpha value is -3.28. The molecule has 2 N–H and O–H groups in total. The van der Waals surface area contributed by atoms with Crippen molar-refractivity contribution in [3.8, 4) is 22.6 Å². The van der Waals surface area contributed by atoms with Gasteiger partial charge in [-0.05, 0) is 50.6 Å². The fourth-order valence-electron chi connectivity index (χ4n) is 2.85. The van der Waals surface area contributed by atoms with Crippen molar-refractivity contribution in [1.82, 2.24) is 10.2 Å². The zero-order valence-electron chi connectivity index (χ0n) is 15.7. The number of aromatic nitrogens is 2. The lowest BCUT2D eigenvalue weighted by Crippen LogP contribution is -2.12. The van der Waals surface area contributed by atoms with Gasteiger partial charge in [0, 0.05) is 16.8 Å². The molecule has 2 aromatic carbocycles. The Labute approximate surface area is 158 Å². The molecule has 0 saturated heterocycles. The largest absolute Gasteiger partial charge is 0.490 e. The summed E-state index contributed by atoms with van der Waals surface area (Å²) in [5.41, 5.74) is 3.13. The van der Waals surface area contributed by atoms with Gasteiger partial charge in [-0.15, -0.1) is 0 Å². The van der Waals surface area contributed by atoms with E-state index >= 15 is 0 Å². The summed E-state index contributed by atoms with van der Waals surface area (Å²) >= 11 is 0. The number of aryl methyl sites for hydroxylation is 1. The highest BCUT2D eigenvalue weighted by molar-refractivity contribution is 6.05. The number of H-pyrrole nitrogens is 1. The van der Waals surface area contributed by atoms with E-state index in [-0.39, 0.29) is 5.91 Å². The molecule has 140 valence electrons. The third-order valence-electron chi connectivity index (χ3n) is 4.05. The van der Waals surface area contributed by atoms with Gasteiger partial charge in [0.1, 0.15) is 0 Å². The average molecular weight is 365 g/mol. The van der Waals surface area contributed by atoms with E-state index in [1.165, 1.54) is 0 Å². The Morgan fingerprint density at radius 2 is 1.74 bits per heavy atom. The van der Waals surface area contributed by atoms with Crippen molar-refractivity contribution in [2.24, 2.45) is 0 Å². The molecule has 0 fully saturated rings. The monoisotopic (exact) mass is 365 g/mol. The Morgan fingerprint density at radius 3 is 2.44 bits per heavy atom. The van der Waals surface area contributed by atoms with E-state index in [4.69, 9.17) is 9.47 Å². The molecule has 0 aliphatic heterocycles. The Balaban J connectivity index is 1.94. The molecule has 0 aliphatic rings. The normalized spacial score (nSPS) is 10.5. The van der Waals surface area contributed by atoms with E-state index in [2.05, 4.69) is 15.5 Å². The molecule has 0 saturated carbocycles. The van der Waals surface area contributed by atoms with Gasteiger partial charge in [-0.1, -0.05) is 24.3 Å². The van der Waals surface area contributed by atoms with Crippen LogP contribution < -0.4 is 14.8 Å². The highest BCUT2D eigenvalue weighted by atomic mass is 16.5. The smallest absolute Gasteiger partial charge is 0.256 e. The number of aromatic amines is 1. The van der Waals surface area contributed by atoms with Crippen molar-refractivity contribution < 1.29 is 14.3 Å². The maximum Gasteiger partial charge on any atom is 0.256 e. The van der Waals surface area contributed by atoms with Gasteiger partial charge in [0.2, 0.25) is 0 Å². The van der Waals surface area contributed by atoms with Crippen LogP contribution in [0.15, 0.2) is 48.5 Å². The third kappa shape index (κ3) is 4.11. The van der Waals surface area contributed by atoms with E-state index in [0.29, 0.717) is 36.1 Å². The standard InChI is InChI=1S/C21H23N3O3/c1-4-26-17-12-11-16(13-18(17)27-5-2)19-14(3)23-24-20(19)22-21(25)15-9-7-6-8-10-15/h6-13H,4-5H2,1-3H3,(H2,22,23,24,25). The number of amides is 1. The lowest BCUT2D eigenvalue weighted by molar-refractivity contribution is 0.102. The summed E-state index contributed by atoms with van der Waals surface area (Å²) < 4.78 is 11.3. The summed E-state index contributed by atoms with van der Waals surface area (Å²) in [6, 6.07) is 14.8. The van der Waals surface area contributed by atoms with Crippen molar-refractivity contribution >= 4 is 11.7 Å². The van der Waals surface area contributed by atoms with E-state index in [9.17, 15) is 4.79 Å². The maximum atomic E-state index is 12.5. The number of nitrogens with zero attached hydrogens (tertiary/aromatic N) is 1. The van der Waals surface area contributed by atoms with Gasteiger partial charge in [0.25, 0.3) is 5.91 Å². The van der Waals surface area contributed by atoms with Gasteiger partial charge in [-0.2, -0.15) is 5.10 Å². The highest BCUT2D eigenvalue weighted by Gasteiger charge is 2.17. The quantitative estimate of drug-likeness (QED) is 0.649. The molecule has 27 heavy (non-hydrogen) atoms. The number of carbonyl (C=O) groups excluding carboxylic acids is 1. The van der Waals surface area contributed by atoms with Gasteiger partial charge in [-0.3, -0.25) is 9.89 Å². The number of benzene rings is 2. The molecule has 0 radical (unpaired) electrons. The second-order valence-electron chi connectivity index (χ2n) is 5.92. The van der Waals surface area contributed by atoms with Crippen molar-refractivity contribution in [3.05, 3.63) is 59.8 Å². The summed E-state index contributed by atoms with van der Waals surface area (Å²) in [4.78, 5) is 12.5. The molecular formula is C21H23N3O3. The first kappa shape index (κ1) is 18.5. The molecule has 1 amide bonds. The summed E-state index contributed by atoms with van der Waals surface area (Å²) in [5.74, 6) is 1.63. The minimum Gasteiger partial charge on any atom is -0.490 e. The Morgan fingerprint density at radius 1 is 1.04 bits per heavy atom. The molecule has 0 spiro atoms. The van der Waals surface area contributed by atoms with Crippen LogP contribution in [0.25, 0.3) is 11.1 Å². The molecule has 6 nitrogen and oxygen atoms in total. The van der Waals surface area contributed by atoms with Gasteiger partial charge in [0.05, 0.1) is 13.2 Å². The van der Waals surface area contributed by atoms with E-state index in [1.807, 2.05) is 57.2 Å². The maximum absolute atomic E-state index is 12.5. The zero-order chi connectivity index (χ0) is 19.2. The minimum absolute atomic E-state index is 0.209. The first-order chi connectivity index (χ1) is 13.1. The number of nitrogens with one attached hydrogen (secondary N) is 2. The predicted octanol–water partition coefficient (Wildman–Crippen LogP) is 4.43. The van der Waals surface area contributed by atoms with Gasteiger partial charge in [0.15, 0.2) is 17.3 Å². The minimum atomic E-state index is -0.209. The molecule has 1 heterocycles. The van der Waals surface area contributed by atoms with Crippen molar-refractivity contribution in [1.29, 1.82) is 0 Å². The molecular weight excluding hydrogens is 342 g/mol. The van der Waals surface area contributed by atoms with Crippen LogP contribution in [0, 0.1) is 6.92 Å². The van der Waals surface area contributed by atoms with E-state index in [1.54, 1.807) is 12.1 Å². The SMILES string of the molecule is CCOc1ccc(-c2c(NC(=O)c3ccccc3)n[nH]c2C)cc1OCC. The second-order valence-corrected chi connectivity index (χ2v) is 5.92.